The fourth-order valence-corrected chi connectivity index (χ4v) is 3.54. The van der Waals surface area contributed by atoms with Gasteiger partial charge in [-0.15, -0.1) is 0 Å². The number of nitrogens with zero attached hydrogens (tertiary/aromatic N) is 1. The number of carbonyl (C=O) groups is 1. The molecule has 0 fully saturated rings. The smallest absolute Gasteiger partial charge is 0.306 e. The Bertz CT molecular complexity index is 805. The number of rotatable bonds is 8. The van der Waals surface area contributed by atoms with E-state index in [1.54, 1.807) is 38.1 Å². The van der Waals surface area contributed by atoms with E-state index in [0.717, 1.165) is 11.1 Å². The van der Waals surface area contributed by atoms with Gasteiger partial charge >= 0.3 is 5.97 Å². The van der Waals surface area contributed by atoms with Crippen LogP contribution in [-0.4, -0.2) is 31.5 Å². The zero-order chi connectivity index (χ0) is 20.9. The van der Waals surface area contributed by atoms with Crippen LogP contribution in [0.4, 0.5) is 8.78 Å². The Morgan fingerprint density at radius 3 is 2.32 bits per heavy atom. The van der Waals surface area contributed by atoms with Gasteiger partial charge in [0.25, 0.3) is 0 Å². The fourth-order valence-electron chi connectivity index (χ4n) is 3.54. The Balaban J connectivity index is 2.62. The summed E-state index contributed by atoms with van der Waals surface area (Å²) < 4.78 is 33.4. The van der Waals surface area contributed by atoms with Crippen LogP contribution in [0.3, 0.4) is 0 Å². The van der Waals surface area contributed by atoms with Gasteiger partial charge in [-0.1, -0.05) is 32.0 Å². The Kier molecular flexibility index (Phi) is 7.30. The van der Waals surface area contributed by atoms with E-state index >= 15 is 0 Å². The number of hydrogen-bond donors (Lipinski definition) is 0. The first-order valence-corrected chi connectivity index (χ1v) is 9.55. The third-order valence-corrected chi connectivity index (χ3v) is 5.05. The van der Waals surface area contributed by atoms with Gasteiger partial charge in [0.05, 0.1) is 0 Å². The minimum atomic E-state index is -0.992. The van der Waals surface area contributed by atoms with Crippen molar-refractivity contribution in [2.45, 2.75) is 39.2 Å². The van der Waals surface area contributed by atoms with Gasteiger partial charge in [0.15, 0.2) is 0 Å². The molecule has 2 rings (SSSR count). The molecule has 2 aromatic rings. The van der Waals surface area contributed by atoms with E-state index in [9.17, 15) is 13.6 Å². The van der Waals surface area contributed by atoms with Crippen LogP contribution in [0.25, 0.3) is 0 Å². The number of ether oxygens (including phenoxy) is 1. The molecular weight excluding hydrogens is 359 g/mol. The molecule has 0 spiro atoms. The summed E-state index contributed by atoms with van der Waals surface area (Å²) in [5.41, 5.74) is 1.09. The summed E-state index contributed by atoms with van der Waals surface area (Å²) in [5, 5.41) is 0. The Morgan fingerprint density at radius 1 is 1.14 bits per heavy atom. The van der Waals surface area contributed by atoms with Gasteiger partial charge in [-0.3, -0.25) is 4.79 Å². The Hall–Kier alpha value is -2.27. The number of benzene rings is 2. The lowest BCUT2D eigenvalue weighted by atomic mass is 9.76. The molecule has 0 unspecified atom stereocenters. The van der Waals surface area contributed by atoms with E-state index in [0.29, 0.717) is 18.5 Å². The number of aryl methyl sites for hydroxylation is 1. The van der Waals surface area contributed by atoms with Crippen LogP contribution in [0.1, 0.15) is 37.0 Å². The Morgan fingerprint density at radius 2 is 1.79 bits per heavy atom. The normalized spacial score (nSPS) is 14.6. The molecule has 2 aromatic carbocycles. The summed E-state index contributed by atoms with van der Waals surface area (Å²) in [5.74, 6) is -1.04. The third kappa shape index (κ3) is 5.16. The number of hydrogen-bond acceptors (Lipinski definition) is 3. The number of esters is 1. The van der Waals surface area contributed by atoms with Gasteiger partial charge in [0.2, 0.25) is 0 Å². The lowest BCUT2D eigenvalue weighted by molar-refractivity contribution is -0.168. The zero-order valence-corrected chi connectivity index (χ0v) is 17.3. The highest BCUT2D eigenvalue weighted by atomic mass is 19.1. The van der Waals surface area contributed by atoms with Crippen LogP contribution in [0.2, 0.25) is 0 Å². The van der Waals surface area contributed by atoms with Crippen LogP contribution in [-0.2, 0) is 21.6 Å². The molecule has 3 nitrogen and oxygen atoms in total. The van der Waals surface area contributed by atoms with Crippen molar-refractivity contribution in [3.63, 3.8) is 0 Å². The average molecular weight is 388 g/mol. The van der Waals surface area contributed by atoms with Gasteiger partial charge in [-0.25, -0.2) is 8.78 Å². The van der Waals surface area contributed by atoms with Gasteiger partial charge in [-0.05, 0) is 62.0 Å². The molecule has 5 heteroatoms. The van der Waals surface area contributed by atoms with Crippen molar-refractivity contribution < 1.29 is 18.3 Å². The maximum atomic E-state index is 13.9. The number of halogens is 2. The largest absolute Gasteiger partial charge is 0.453 e. The van der Waals surface area contributed by atoms with Crippen molar-refractivity contribution in [2.75, 3.05) is 20.6 Å². The summed E-state index contributed by atoms with van der Waals surface area (Å²) in [4.78, 5) is 14.4. The van der Waals surface area contributed by atoms with E-state index in [1.165, 1.54) is 18.2 Å². The van der Waals surface area contributed by atoms with Crippen LogP contribution in [0.15, 0.2) is 42.5 Å². The van der Waals surface area contributed by atoms with Gasteiger partial charge < -0.3 is 9.64 Å². The van der Waals surface area contributed by atoms with E-state index < -0.39 is 5.60 Å². The molecule has 0 radical (unpaired) electrons. The van der Waals surface area contributed by atoms with Crippen LogP contribution >= 0.6 is 0 Å². The van der Waals surface area contributed by atoms with E-state index in [1.807, 2.05) is 25.9 Å². The monoisotopic (exact) mass is 388 g/mol. The standard InChI is InChI=1S/C23H29F2NO2/c1-6-22(27)28-23(17(3)15-26(4)5,14-18-7-10-20(24)11-8-18)19-9-12-21(25)16(2)13-19/h7-13,17H,6,14-15H2,1-5H3/t17-,23+/m1/s1/i24-1. The van der Waals surface area contributed by atoms with Crippen LogP contribution in [0, 0.1) is 24.5 Å². The SMILES string of the molecule is CCC(=O)O[C@](Cc1ccc([18F])cc1)(c1ccc(F)c(C)c1)[C@H](C)CN(C)C. The van der Waals surface area contributed by atoms with E-state index in [4.69, 9.17) is 4.74 Å². The highest BCUT2D eigenvalue weighted by Gasteiger charge is 2.42. The molecule has 0 N–H and O–H groups in total. The summed E-state index contributed by atoms with van der Waals surface area (Å²) in [6.45, 7) is 6.12. The highest BCUT2D eigenvalue weighted by molar-refractivity contribution is 5.70. The van der Waals surface area contributed by atoms with Crippen molar-refractivity contribution in [1.29, 1.82) is 0 Å². The first-order chi connectivity index (χ1) is 13.2. The van der Waals surface area contributed by atoms with E-state index in [-0.39, 0.29) is 29.9 Å². The second kappa shape index (κ2) is 9.28. The van der Waals surface area contributed by atoms with Crippen LogP contribution < -0.4 is 0 Å². The molecule has 0 heterocycles. The first kappa shape index (κ1) is 22.0. The van der Waals surface area contributed by atoms with Crippen molar-refractivity contribution in [3.05, 3.63) is 70.8 Å². The second-order valence-electron chi connectivity index (χ2n) is 7.65. The predicted octanol–water partition coefficient (Wildman–Crippen LogP) is 4.86. The molecule has 0 aromatic heterocycles. The minimum Gasteiger partial charge on any atom is -0.453 e. The summed E-state index contributed by atoms with van der Waals surface area (Å²) in [6.07, 6.45) is 0.610. The molecule has 0 saturated heterocycles. The van der Waals surface area contributed by atoms with Gasteiger partial charge in [-0.2, -0.15) is 0 Å². The number of carbonyl (C=O) groups excluding carboxylic acids is 1. The fraction of sp³-hybridized carbons (Fsp3) is 0.435. The molecule has 0 saturated carbocycles. The molecule has 0 aliphatic rings. The minimum absolute atomic E-state index is 0.0899. The lowest BCUT2D eigenvalue weighted by Crippen LogP contribution is -2.45. The Labute approximate surface area is 166 Å². The molecule has 0 aliphatic heterocycles. The molecule has 28 heavy (non-hydrogen) atoms. The van der Waals surface area contributed by atoms with Gasteiger partial charge in [0, 0.05) is 25.3 Å². The molecule has 0 bridgehead atoms. The topological polar surface area (TPSA) is 29.5 Å². The maximum Gasteiger partial charge on any atom is 0.306 e. The summed E-state index contributed by atoms with van der Waals surface area (Å²) in [7, 11) is 3.91. The predicted molar refractivity (Wildman–Crippen MR) is 107 cm³/mol. The zero-order valence-electron chi connectivity index (χ0n) is 17.3. The summed E-state index contributed by atoms with van der Waals surface area (Å²) >= 11 is 0. The molecular formula is C23H29F2NO2. The van der Waals surface area contributed by atoms with Crippen LogP contribution in [0.5, 0.6) is 0 Å². The van der Waals surface area contributed by atoms with Crippen molar-refractivity contribution in [2.24, 2.45) is 5.92 Å². The van der Waals surface area contributed by atoms with Crippen molar-refractivity contribution >= 4 is 5.97 Å². The molecule has 0 aliphatic carbocycles. The van der Waals surface area contributed by atoms with E-state index in [2.05, 4.69) is 0 Å². The maximum absolute atomic E-state index is 13.9. The first-order valence-electron chi connectivity index (χ1n) is 9.55. The second-order valence-corrected chi connectivity index (χ2v) is 7.65. The van der Waals surface area contributed by atoms with Gasteiger partial charge in [0.1, 0.15) is 17.2 Å². The summed E-state index contributed by atoms with van der Waals surface area (Å²) in [6, 6.07) is 11.0. The molecule has 2 atom stereocenters. The van der Waals surface area contributed by atoms with Crippen molar-refractivity contribution in [3.8, 4) is 0 Å². The lowest BCUT2D eigenvalue weighted by Gasteiger charge is -2.40. The quantitative estimate of drug-likeness (QED) is 0.605. The van der Waals surface area contributed by atoms with Crippen molar-refractivity contribution in [1.82, 2.24) is 4.90 Å². The molecule has 152 valence electrons. The average Bonchev–Trinajstić information content (AvgIpc) is 2.64. The third-order valence-electron chi connectivity index (χ3n) is 5.05. The molecule has 0 amide bonds. The highest BCUT2D eigenvalue weighted by Crippen LogP contribution is 2.39.